The minimum atomic E-state index is -0.123. The molecule has 31 heavy (non-hydrogen) atoms. The number of hydrogen-bond donors (Lipinski definition) is 1. The molecule has 2 aliphatic rings. The Bertz CT molecular complexity index is 1480. The van der Waals surface area contributed by atoms with E-state index < -0.39 is 0 Å². The van der Waals surface area contributed by atoms with E-state index in [1.165, 1.54) is 16.9 Å². The average molecular weight is 489 g/mol. The quantitative estimate of drug-likeness (QED) is 0.333. The molecule has 4 aromatic heterocycles. The second-order valence-corrected chi connectivity index (χ2v) is 12.4. The molecule has 1 N–H and O–H groups in total. The topological polar surface area (TPSA) is 80.6 Å². The van der Waals surface area contributed by atoms with Gasteiger partial charge in [-0.2, -0.15) is 4.98 Å². The highest BCUT2D eigenvalue weighted by Gasteiger charge is 2.28. The van der Waals surface area contributed by atoms with Gasteiger partial charge in [0, 0.05) is 21.3 Å². The Morgan fingerprint density at radius 3 is 2.84 bits per heavy atom. The van der Waals surface area contributed by atoms with Crippen LogP contribution in [0.15, 0.2) is 19.9 Å². The number of hydrogen-bond acceptors (Lipinski definition) is 8. The summed E-state index contributed by atoms with van der Waals surface area (Å²) in [6.07, 6.45) is 4.41. The lowest BCUT2D eigenvalue weighted by atomic mass is 9.97. The average Bonchev–Trinajstić information content (AvgIpc) is 3.40. The molecule has 160 valence electrons. The van der Waals surface area contributed by atoms with Crippen LogP contribution in [0.2, 0.25) is 0 Å². The SMILES string of the molecule is Cc1sc2c(c1C)c(=O)nc1n2[C@@H](CSc2nc3sc4c(c3c(=O)[nH]2)CCCC4)CS1. The number of aromatic amines is 1. The van der Waals surface area contributed by atoms with Crippen LogP contribution in [0.5, 0.6) is 0 Å². The predicted molar refractivity (Wildman–Crippen MR) is 131 cm³/mol. The van der Waals surface area contributed by atoms with Gasteiger partial charge in [0.25, 0.3) is 11.1 Å². The van der Waals surface area contributed by atoms with E-state index >= 15 is 0 Å². The number of thioether (sulfide) groups is 2. The van der Waals surface area contributed by atoms with Crippen LogP contribution in [0, 0.1) is 13.8 Å². The molecule has 0 bridgehead atoms. The number of thiophene rings is 2. The van der Waals surface area contributed by atoms with Gasteiger partial charge >= 0.3 is 0 Å². The van der Waals surface area contributed by atoms with E-state index in [9.17, 15) is 9.59 Å². The molecule has 0 aromatic carbocycles. The van der Waals surface area contributed by atoms with Gasteiger partial charge in [0.05, 0.1) is 16.8 Å². The van der Waals surface area contributed by atoms with E-state index in [0.717, 1.165) is 66.8 Å². The number of fused-ring (bicyclic) bond motifs is 6. The number of rotatable bonds is 3. The zero-order chi connectivity index (χ0) is 21.3. The maximum absolute atomic E-state index is 12.8. The van der Waals surface area contributed by atoms with Crippen LogP contribution in [-0.4, -0.2) is 31.0 Å². The molecule has 10 heteroatoms. The fourth-order valence-corrected chi connectivity index (χ4v) is 9.31. The smallest absolute Gasteiger partial charge is 0.282 e. The first-order valence-corrected chi connectivity index (χ1v) is 13.9. The zero-order valence-electron chi connectivity index (χ0n) is 17.1. The summed E-state index contributed by atoms with van der Waals surface area (Å²) in [5.41, 5.74) is 2.13. The summed E-state index contributed by atoms with van der Waals surface area (Å²) in [5.74, 6) is 1.64. The summed E-state index contributed by atoms with van der Waals surface area (Å²) < 4.78 is 2.22. The lowest BCUT2D eigenvalue weighted by molar-refractivity contribution is 0.594. The third-order valence-electron chi connectivity index (χ3n) is 6.19. The van der Waals surface area contributed by atoms with Gasteiger partial charge in [-0.3, -0.25) is 9.59 Å². The van der Waals surface area contributed by atoms with Crippen molar-refractivity contribution in [2.75, 3.05) is 11.5 Å². The summed E-state index contributed by atoms with van der Waals surface area (Å²) in [7, 11) is 0. The second-order valence-electron chi connectivity index (χ2n) is 8.07. The molecule has 0 unspecified atom stereocenters. The normalized spacial score (nSPS) is 18.1. The third-order valence-corrected chi connectivity index (χ3v) is 10.7. The van der Waals surface area contributed by atoms with Crippen molar-refractivity contribution in [3.63, 3.8) is 0 Å². The third kappa shape index (κ3) is 3.13. The van der Waals surface area contributed by atoms with E-state index in [0.29, 0.717) is 5.16 Å². The first-order valence-electron chi connectivity index (χ1n) is 10.3. The lowest BCUT2D eigenvalue weighted by Crippen LogP contribution is -2.17. The number of aromatic nitrogens is 4. The first kappa shape index (κ1) is 20.0. The second kappa shape index (κ2) is 7.47. The molecule has 4 aromatic rings. The minimum absolute atomic E-state index is 0.00897. The molecule has 0 amide bonds. The van der Waals surface area contributed by atoms with Crippen LogP contribution in [0.1, 0.15) is 39.8 Å². The van der Waals surface area contributed by atoms with E-state index in [2.05, 4.69) is 21.5 Å². The van der Waals surface area contributed by atoms with Gasteiger partial charge in [-0.05, 0) is 50.7 Å². The Morgan fingerprint density at radius 2 is 1.97 bits per heavy atom. The van der Waals surface area contributed by atoms with E-state index in [1.807, 2.05) is 6.92 Å². The standard InChI is InChI=1S/C21H20N4O2S4/c1-9-10(2)30-19-14(9)16(26)23-21-25(19)11(8-29-21)7-28-20-22-17(27)15-12-5-3-4-6-13(12)31-18(15)24-20/h11H,3-8H2,1-2H3,(H,22,24,27)/t11-/m0/s1. The summed E-state index contributed by atoms with van der Waals surface area (Å²) in [5, 5.41) is 3.03. The van der Waals surface area contributed by atoms with Crippen molar-refractivity contribution in [2.45, 2.75) is 55.9 Å². The summed E-state index contributed by atoms with van der Waals surface area (Å²) >= 11 is 6.58. The van der Waals surface area contributed by atoms with Crippen LogP contribution in [0.25, 0.3) is 20.4 Å². The number of nitrogens with one attached hydrogen (secondary N) is 1. The Labute approximate surface area is 194 Å². The molecule has 6 nitrogen and oxygen atoms in total. The Kier molecular flexibility index (Phi) is 4.82. The molecular weight excluding hydrogens is 469 g/mol. The molecular formula is C21H20N4O2S4. The van der Waals surface area contributed by atoms with Crippen molar-refractivity contribution in [3.05, 3.63) is 41.6 Å². The maximum Gasteiger partial charge on any atom is 0.282 e. The zero-order valence-corrected chi connectivity index (χ0v) is 20.4. The molecule has 6 rings (SSSR count). The maximum atomic E-state index is 12.8. The van der Waals surface area contributed by atoms with Gasteiger partial charge < -0.3 is 9.55 Å². The number of aryl methyl sites for hydroxylation is 4. The van der Waals surface area contributed by atoms with Crippen molar-refractivity contribution < 1.29 is 0 Å². The molecule has 0 saturated heterocycles. The van der Waals surface area contributed by atoms with Gasteiger partial charge in [-0.25, -0.2) is 4.98 Å². The molecule has 0 saturated carbocycles. The molecule has 0 fully saturated rings. The van der Waals surface area contributed by atoms with Gasteiger partial charge in [0.2, 0.25) is 0 Å². The highest BCUT2D eigenvalue weighted by molar-refractivity contribution is 8.00. The molecule has 1 atom stereocenters. The minimum Gasteiger partial charge on any atom is -0.307 e. The van der Waals surface area contributed by atoms with Crippen molar-refractivity contribution in [2.24, 2.45) is 0 Å². The van der Waals surface area contributed by atoms with Gasteiger partial charge in [-0.1, -0.05) is 23.5 Å². The van der Waals surface area contributed by atoms with Crippen LogP contribution >= 0.6 is 46.2 Å². The molecule has 5 heterocycles. The summed E-state index contributed by atoms with van der Waals surface area (Å²) in [4.78, 5) is 41.9. The van der Waals surface area contributed by atoms with E-state index in [-0.39, 0.29) is 17.2 Å². The van der Waals surface area contributed by atoms with Crippen molar-refractivity contribution in [1.29, 1.82) is 0 Å². The molecule has 1 aliphatic carbocycles. The largest absolute Gasteiger partial charge is 0.307 e. The van der Waals surface area contributed by atoms with Crippen LogP contribution < -0.4 is 11.1 Å². The van der Waals surface area contributed by atoms with Gasteiger partial charge in [-0.15, -0.1) is 22.7 Å². The Morgan fingerprint density at radius 1 is 1.13 bits per heavy atom. The van der Waals surface area contributed by atoms with Crippen molar-refractivity contribution >= 4 is 66.6 Å². The number of H-pyrrole nitrogens is 1. The molecule has 0 radical (unpaired) electrons. The predicted octanol–water partition coefficient (Wildman–Crippen LogP) is 4.69. The van der Waals surface area contributed by atoms with Crippen LogP contribution in [0.4, 0.5) is 0 Å². The Balaban J connectivity index is 1.34. The van der Waals surface area contributed by atoms with Crippen LogP contribution in [-0.2, 0) is 12.8 Å². The number of nitrogens with zero attached hydrogens (tertiary/aromatic N) is 3. The van der Waals surface area contributed by atoms with Crippen molar-refractivity contribution in [1.82, 2.24) is 19.5 Å². The summed E-state index contributed by atoms with van der Waals surface area (Å²) in [6, 6.07) is 0.204. The van der Waals surface area contributed by atoms with E-state index in [1.54, 1.807) is 46.2 Å². The highest BCUT2D eigenvalue weighted by atomic mass is 32.2. The van der Waals surface area contributed by atoms with Crippen LogP contribution in [0.3, 0.4) is 0 Å². The lowest BCUT2D eigenvalue weighted by Gasteiger charge is -2.14. The van der Waals surface area contributed by atoms with Crippen molar-refractivity contribution in [3.8, 4) is 0 Å². The summed E-state index contributed by atoms with van der Waals surface area (Å²) in [6.45, 7) is 4.06. The monoisotopic (exact) mass is 488 g/mol. The van der Waals surface area contributed by atoms with Gasteiger partial charge in [0.1, 0.15) is 9.66 Å². The highest BCUT2D eigenvalue weighted by Crippen LogP contribution is 2.40. The Hall–Kier alpha value is -1.62. The van der Waals surface area contributed by atoms with E-state index in [4.69, 9.17) is 4.98 Å². The fraction of sp³-hybridized carbons (Fsp3) is 0.429. The fourth-order valence-electron chi connectivity index (χ4n) is 4.49. The molecule has 1 aliphatic heterocycles. The van der Waals surface area contributed by atoms with Gasteiger partial charge in [0.15, 0.2) is 10.3 Å². The first-order chi connectivity index (χ1) is 15.0. The molecule has 0 spiro atoms.